The van der Waals surface area contributed by atoms with E-state index in [2.05, 4.69) is 14.4 Å². The molecule has 28 heavy (non-hydrogen) atoms. The lowest BCUT2D eigenvalue weighted by Gasteiger charge is -2.13. The first-order chi connectivity index (χ1) is 13.3. The van der Waals surface area contributed by atoms with Crippen LogP contribution in [0.2, 0.25) is 5.02 Å². The number of fused-ring (bicyclic) bond motifs is 1. The molecule has 0 spiro atoms. The van der Waals surface area contributed by atoms with Gasteiger partial charge >= 0.3 is 0 Å². The zero-order valence-corrected chi connectivity index (χ0v) is 17.0. The maximum absolute atomic E-state index is 13.0. The lowest BCUT2D eigenvalue weighted by Crippen LogP contribution is -2.15. The molecular formula is C16H14ClN3O6S2. The molecule has 0 bridgehead atoms. The number of anilines is 1. The normalized spacial score (nSPS) is 18.4. The summed E-state index contributed by atoms with van der Waals surface area (Å²) in [5, 5.41) is 14.6. The summed E-state index contributed by atoms with van der Waals surface area (Å²) in [5.41, 5.74) is 1.66. The number of hydrogen-bond acceptors (Lipinski definition) is 7. The van der Waals surface area contributed by atoms with E-state index in [1.54, 1.807) is 26.0 Å². The average molecular weight is 444 g/mol. The molecule has 0 aliphatic carbocycles. The van der Waals surface area contributed by atoms with Crippen LogP contribution < -0.4 is 14.2 Å². The van der Waals surface area contributed by atoms with Gasteiger partial charge in [0.15, 0.2) is 11.5 Å². The number of nitrogens with one attached hydrogen (secondary N) is 1. The van der Waals surface area contributed by atoms with E-state index in [4.69, 9.17) is 25.6 Å². The Morgan fingerprint density at radius 1 is 1.29 bits per heavy atom. The molecule has 148 valence electrons. The Labute approximate surface area is 167 Å². The molecule has 2 N–H and O–H groups in total. The largest absolute Gasteiger partial charge is 0.454 e. The second-order valence-corrected chi connectivity index (χ2v) is 9.43. The van der Waals surface area contributed by atoms with Crippen LogP contribution in [0.15, 0.2) is 37.6 Å². The van der Waals surface area contributed by atoms with Crippen LogP contribution in [0.4, 0.5) is 5.88 Å². The first kappa shape index (κ1) is 19.0. The molecule has 0 saturated heterocycles. The van der Waals surface area contributed by atoms with Crippen LogP contribution in [-0.4, -0.2) is 25.6 Å². The van der Waals surface area contributed by atoms with E-state index in [9.17, 15) is 13.6 Å². The summed E-state index contributed by atoms with van der Waals surface area (Å²) < 4.78 is 47.3. The zero-order chi connectivity index (χ0) is 20.1. The van der Waals surface area contributed by atoms with Crippen LogP contribution in [0.1, 0.15) is 16.8 Å². The van der Waals surface area contributed by atoms with E-state index in [1.807, 2.05) is 0 Å². The Hall–Kier alpha value is -2.34. The lowest BCUT2D eigenvalue weighted by atomic mass is 10.1. The highest BCUT2D eigenvalue weighted by atomic mass is 35.5. The monoisotopic (exact) mass is 443 g/mol. The van der Waals surface area contributed by atoms with Crippen LogP contribution in [0.25, 0.3) is 4.91 Å². The Morgan fingerprint density at radius 2 is 2.00 bits per heavy atom. The highest BCUT2D eigenvalue weighted by Gasteiger charge is 2.31. The van der Waals surface area contributed by atoms with Gasteiger partial charge in [-0.3, -0.25) is 5.21 Å². The maximum atomic E-state index is 13.0. The number of hydrogen-bond donors (Lipinski definition) is 2. The Balaban J connectivity index is 1.85. The number of benzene rings is 1. The third kappa shape index (κ3) is 3.09. The standard InChI is InChI=1S/C16H14ClN3O6S2/c1-8-5-11-12(25-7-24-11)6-10(8)15-13(3-4-27(15)20-21)28(22,23)19-16-14(17)9(2)18-26-16/h3-6,19,21H,7H2,1-2H3. The highest BCUT2D eigenvalue weighted by Crippen LogP contribution is 2.42. The second-order valence-electron chi connectivity index (χ2n) is 5.93. The van der Waals surface area contributed by atoms with Crippen molar-refractivity contribution in [1.29, 1.82) is 0 Å². The van der Waals surface area contributed by atoms with Crippen molar-refractivity contribution >= 4 is 43.1 Å². The molecule has 1 aromatic heterocycles. The van der Waals surface area contributed by atoms with Crippen LogP contribution in [0.3, 0.4) is 0 Å². The minimum absolute atomic E-state index is 0.0674. The lowest BCUT2D eigenvalue weighted by molar-refractivity contribution is 0.174. The van der Waals surface area contributed by atoms with Gasteiger partial charge in [0.1, 0.15) is 15.6 Å². The van der Waals surface area contributed by atoms with Crippen molar-refractivity contribution in [1.82, 2.24) is 5.16 Å². The minimum Gasteiger partial charge on any atom is -0.454 e. The number of sulfonamides is 1. The molecule has 12 heteroatoms. The molecule has 1 unspecified atom stereocenters. The summed E-state index contributed by atoms with van der Waals surface area (Å²) in [6.45, 7) is 3.47. The van der Waals surface area contributed by atoms with Crippen LogP contribution in [0, 0.1) is 13.8 Å². The van der Waals surface area contributed by atoms with Crippen molar-refractivity contribution in [2.45, 2.75) is 13.8 Å². The summed E-state index contributed by atoms with van der Waals surface area (Å²) in [5.74, 6) is 0.870. The fourth-order valence-electron chi connectivity index (χ4n) is 2.79. The van der Waals surface area contributed by atoms with Crippen molar-refractivity contribution in [2.24, 2.45) is 4.53 Å². The van der Waals surface area contributed by atoms with Gasteiger partial charge in [-0.2, -0.15) is 0 Å². The quantitative estimate of drug-likeness (QED) is 0.693. The first-order valence-electron chi connectivity index (χ1n) is 7.88. The number of nitrogens with zero attached hydrogens (tertiary/aromatic N) is 2. The van der Waals surface area contributed by atoms with Crippen molar-refractivity contribution in [2.75, 3.05) is 11.5 Å². The van der Waals surface area contributed by atoms with E-state index in [-0.39, 0.29) is 22.6 Å². The molecule has 9 nitrogen and oxygen atoms in total. The summed E-state index contributed by atoms with van der Waals surface area (Å²) in [6.07, 6.45) is 1.38. The van der Waals surface area contributed by atoms with Gasteiger partial charge in [0.25, 0.3) is 15.9 Å². The third-order valence-corrected chi connectivity index (χ3v) is 7.52. The molecule has 3 heterocycles. The van der Waals surface area contributed by atoms with Crippen molar-refractivity contribution < 1.29 is 27.6 Å². The Morgan fingerprint density at radius 3 is 2.64 bits per heavy atom. The number of aryl methyl sites for hydroxylation is 2. The average Bonchev–Trinajstić information content (AvgIpc) is 3.35. The van der Waals surface area contributed by atoms with Gasteiger partial charge in [0, 0.05) is 0 Å². The highest BCUT2D eigenvalue weighted by molar-refractivity contribution is 8.03. The molecule has 2 aliphatic rings. The molecule has 4 rings (SSSR count). The summed E-state index contributed by atoms with van der Waals surface area (Å²) in [4.78, 5) is 0.249. The van der Waals surface area contributed by atoms with Gasteiger partial charge in [-0.15, -0.1) is 4.53 Å². The summed E-state index contributed by atoms with van der Waals surface area (Å²) >= 11 is 6.02. The summed E-state index contributed by atoms with van der Waals surface area (Å²) in [6, 6.07) is 3.42. The van der Waals surface area contributed by atoms with E-state index < -0.39 is 20.7 Å². The molecule has 0 saturated carbocycles. The smallest absolute Gasteiger partial charge is 0.265 e. The van der Waals surface area contributed by atoms with E-state index in [1.165, 1.54) is 11.5 Å². The molecule has 0 radical (unpaired) electrons. The van der Waals surface area contributed by atoms with Crippen molar-refractivity contribution in [3.8, 4) is 11.5 Å². The molecule has 1 aromatic carbocycles. The van der Waals surface area contributed by atoms with E-state index >= 15 is 0 Å². The SMILES string of the molecule is Cc1cc2c(cc1C1=C(S(=O)(=O)Nc3onc(C)c3Cl)C=CS1=NO)OCO2. The van der Waals surface area contributed by atoms with Crippen LogP contribution in [-0.2, 0) is 20.7 Å². The molecule has 2 aromatic rings. The zero-order valence-electron chi connectivity index (χ0n) is 14.6. The van der Waals surface area contributed by atoms with Gasteiger partial charge < -0.3 is 14.0 Å². The fourth-order valence-corrected chi connectivity index (χ4v) is 5.98. The minimum atomic E-state index is -4.10. The molecule has 1 atom stereocenters. The third-order valence-electron chi connectivity index (χ3n) is 4.14. The first-order valence-corrected chi connectivity index (χ1v) is 11.0. The van der Waals surface area contributed by atoms with Crippen LogP contribution >= 0.6 is 11.6 Å². The number of rotatable bonds is 4. The number of allylic oxidation sites excluding steroid dienone is 1. The van der Waals surface area contributed by atoms with Gasteiger partial charge in [0.2, 0.25) is 6.79 Å². The van der Waals surface area contributed by atoms with Crippen molar-refractivity contribution in [3.05, 3.63) is 50.4 Å². The Bertz CT molecular complexity index is 1180. The predicted molar refractivity (Wildman–Crippen MR) is 104 cm³/mol. The summed E-state index contributed by atoms with van der Waals surface area (Å²) in [7, 11) is -5.28. The van der Waals surface area contributed by atoms with Crippen LogP contribution in [0.5, 0.6) is 11.5 Å². The maximum Gasteiger partial charge on any atom is 0.265 e. The predicted octanol–water partition coefficient (Wildman–Crippen LogP) is 3.50. The number of aromatic nitrogens is 1. The molecule has 0 amide bonds. The van der Waals surface area contributed by atoms with Crippen molar-refractivity contribution in [3.63, 3.8) is 0 Å². The van der Waals surface area contributed by atoms with Gasteiger partial charge in [0.05, 0.1) is 4.91 Å². The Kier molecular flexibility index (Phi) is 4.70. The molecular weight excluding hydrogens is 430 g/mol. The topological polar surface area (TPSA) is 123 Å². The fraction of sp³-hybridized carbons (Fsp3) is 0.188. The second kappa shape index (κ2) is 6.92. The van der Waals surface area contributed by atoms with Gasteiger partial charge in [-0.05, 0) is 59.3 Å². The van der Waals surface area contributed by atoms with Gasteiger partial charge in [-0.25, -0.2) is 13.1 Å². The van der Waals surface area contributed by atoms with E-state index in [0.717, 1.165) is 5.56 Å². The molecule has 0 fully saturated rings. The number of ether oxygens (including phenoxy) is 2. The molecule has 2 aliphatic heterocycles. The van der Waals surface area contributed by atoms with Gasteiger partial charge in [-0.1, -0.05) is 16.8 Å². The number of halogens is 1. The van der Waals surface area contributed by atoms with E-state index in [0.29, 0.717) is 27.7 Å².